The minimum absolute atomic E-state index is 0.0785. The second-order valence-corrected chi connectivity index (χ2v) is 7.06. The summed E-state index contributed by atoms with van der Waals surface area (Å²) in [6.45, 7) is 4.96. The molecule has 2 amide bonds. The minimum Gasteiger partial charge on any atom is -0.497 e. The van der Waals surface area contributed by atoms with Gasteiger partial charge in [0.1, 0.15) is 23.7 Å². The van der Waals surface area contributed by atoms with E-state index in [1.165, 1.54) is 12.8 Å². The van der Waals surface area contributed by atoms with Gasteiger partial charge in [0.2, 0.25) is 0 Å². The molecule has 2 aliphatic rings. The Morgan fingerprint density at radius 1 is 0.929 bits per heavy atom. The molecule has 4 rings (SSSR count). The quantitative estimate of drug-likeness (QED) is 0.876. The lowest BCUT2D eigenvalue weighted by Crippen LogP contribution is -2.50. The highest BCUT2D eigenvalue weighted by Crippen LogP contribution is 2.22. The second-order valence-electron chi connectivity index (χ2n) is 7.06. The first kappa shape index (κ1) is 18.3. The highest BCUT2D eigenvalue weighted by molar-refractivity contribution is 5.89. The summed E-state index contributed by atoms with van der Waals surface area (Å²) in [6, 6.07) is 9.34. The van der Waals surface area contributed by atoms with Crippen LogP contribution in [0.5, 0.6) is 5.75 Å². The predicted molar refractivity (Wildman–Crippen MR) is 109 cm³/mol. The number of methoxy groups -OCH3 is 1. The van der Waals surface area contributed by atoms with Gasteiger partial charge in [-0.1, -0.05) is 0 Å². The first-order chi connectivity index (χ1) is 13.7. The van der Waals surface area contributed by atoms with E-state index in [1.54, 1.807) is 13.4 Å². The average Bonchev–Trinajstić information content (AvgIpc) is 3.29. The van der Waals surface area contributed by atoms with Gasteiger partial charge < -0.3 is 24.8 Å². The van der Waals surface area contributed by atoms with E-state index in [0.29, 0.717) is 13.1 Å². The summed E-state index contributed by atoms with van der Waals surface area (Å²) < 4.78 is 5.14. The van der Waals surface area contributed by atoms with E-state index in [0.717, 1.165) is 49.3 Å². The van der Waals surface area contributed by atoms with Crippen LogP contribution in [0.4, 0.5) is 22.1 Å². The van der Waals surface area contributed by atoms with Crippen LogP contribution < -0.4 is 19.9 Å². The molecule has 1 N–H and O–H groups in total. The fraction of sp³-hybridized carbons (Fsp3) is 0.450. The lowest BCUT2D eigenvalue weighted by Gasteiger charge is -2.35. The SMILES string of the molecule is COc1ccc(NC(=O)N2CCN(c3cc(N4CCCC4)ncn3)CC2)cc1. The van der Waals surface area contributed by atoms with Crippen LogP contribution in [0, 0.1) is 0 Å². The van der Waals surface area contributed by atoms with Crippen molar-refractivity contribution in [3.63, 3.8) is 0 Å². The van der Waals surface area contributed by atoms with Crippen LogP contribution in [-0.4, -0.2) is 67.3 Å². The molecule has 0 aliphatic carbocycles. The molecule has 1 aromatic heterocycles. The average molecular weight is 382 g/mol. The monoisotopic (exact) mass is 382 g/mol. The predicted octanol–water partition coefficient (Wildman–Crippen LogP) is 2.44. The summed E-state index contributed by atoms with van der Waals surface area (Å²) in [5, 5.41) is 2.94. The molecule has 0 atom stereocenters. The highest BCUT2D eigenvalue weighted by atomic mass is 16.5. The molecule has 1 aromatic carbocycles. The maximum absolute atomic E-state index is 12.5. The van der Waals surface area contributed by atoms with E-state index in [-0.39, 0.29) is 6.03 Å². The molecule has 2 aromatic rings. The smallest absolute Gasteiger partial charge is 0.321 e. The third kappa shape index (κ3) is 4.11. The lowest BCUT2D eigenvalue weighted by atomic mass is 10.3. The fourth-order valence-electron chi connectivity index (χ4n) is 3.64. The van der Waals surface area contributed by atoms with Crippen molar-refractivity contribution in [2.75, 3.05) is 61.5 Å². The van der Waals surface area contributed by atoms with Crippen LogP contribution in [0.25, 0.3) is 0 Å². The van der Waals surface area contributed by atoms with Crippen molar-refractivity contribution in [1.82, 2.24) is 14.9 Å². The third-order valence-electron chi connectivity index (χ3n) is 5.30. The number of anilines is 3. The van der Waals surface area contributed by atoms with Gasteiger partial charge in [-0.05, 0) is 37.1 Å². The molecular weight excluding hydrogens is 356 g/mol. The Morgan fingerprint density at radius 2 is 1.54 bits per heavy atom. The summed E-state index contributed by atoms with van der Waals surface area (Å²) >= 11 is 0. The molecule has 2 fully saturated rings. The number of piperazine rings is 1. The van der Waals surface area contributed by atoms with Crippen LogP contribution in [-0.2, 0) is 0 Å². The van der Waals surface area contributed by atoms with Gasteiger partial charge in [0, 0.05) is 51.0 Å². The standard InChI is InChI=1S/C20H26N6O2/c1-28-17-6-4-16(5-7-17)23-20(27)26-12-10-25(11-13-26)19-14-18(21-15-22-19)24-8-2-3-9-24/h4-7,14-15H,2-3,8-13H2,1H3,(H,23,27). The maximum Gasteiger partial charge on any atom is 0.321 e. The molecule has 0 bridgehead atoms. The Hall–Kier alpha value is -3.03. The van der Waals surface area contributed by atoms with E-state index < -0.39 is 0 Å². The number of rotatable bonds is 4. The first-order valence-corrected chi connectivity index (χ1v) is 9.75. The Kier molecular flexibility index (Phi) is 5.45. The highest BCUT2D eigenvalue weighted by Gasteiger charge is 2.23. The maximum atomic E-state index is 12.5. The largest absolute Gasteiger partial charge is 0.497 e. The van der Waals surface area contributed by atoms with Gasteiger partial charge >= 0.3 is 6.03 Å². The number of benzene rings is 1. The zero-order chi connectivity index (χ0) is 19.3. The van der Waals surface area contributed by atoms with E-state index in [9.17, 15) is 4.79 Å². The number of hydrogen-bond acceptors (Lipinski definition) is 6. The number of hydrogen-bond donors (Lipinski definition) is 1. The number of nitrogens with one attached hydrogen (secondary N) is 1. The van der Waals surface area contributed by atoms with Gasteiger partial charge in [0.05, 0.1) is 7.11 Å². The molecule has 0 radical (unpaired) electrons. The third-order valence-corrected chi connectivity index (χ3v) is 5.30. The molecule has 2 saturated heterocycles. The number of nitrogens with zero attached hydrogens (tertiary/aromatic N) is 5. The molecule has 0 saturated carbocycles. The van der Waals surface area contributed by atoms with Crippen molar-refractivity contribution in [3.05, 3.63) is 36.7 Å². The summed E-state index contributed by atoms with van der Waals surface area (Å²) in [4.78, 5) is 27.8. The lowest BCUT2D eigenvalue weighted by molar-refractivity contribution is 0.208. The van der Waals surface area contributed by atoms with Crippen LogP contribution in [0.2, 0.25) is 0 Å². The van der Waals surface area contributed by atoms with E-state index in [1.807, 2.05) is 29.2 Å². The van der Waals surface area contributed by atoms with E-state index in [2.05, 4.69) is 31.2 Å². The minimum atomic E-state index is -0.0785. The second kappa shape index (κ2) is 8.33. The molecule has 3 heterocycles. The topological polar surface area (TPSA) is 73.8 Å². The summed E-state index contributed by atoms with van der Waals surface area (Å²) in [6.07, 6.45) is 4.09. The molecular formula is C20H26N6O2. The molecule has 2 aliphatic heterocycles. The van der Waals surface area contributed by atoms with Crippen LogP contribution >= 0.6 is 0 Å². The Morgan fingerprint density at radius 3 is 2.14 bits per heavy atom. The van der Waals surface area contributed by atoms with Crippen molar-refractivity contribution in [2.24, 2.45) is 0 Å². The van der Waals surface area contributed by atoms with Gasteiger partial charge in [-0.2, -0.15) is 0 Å². The summed E-state index contributed by atoms with van der Waals surface area (Å²) in [5.41, 5.74) is 0.763. The van der Waals surface area contributed by atoms with Gasteiger partial charge in [0.25, 0.3) is 0 Å². The van der Waals surface area contributed by atoms with Crippen LogP contribution in [0.3, 0.4) is 0 Å². The number of ether oxygens (including phenoxy) is 1. The molecule has 28 heavy (non-hydrogen) atoms. The van der Waals surface area contributed by atoms with E-state index >= 15 is 0 Å². The normalized spacial score (nSPS) is 17.0. The van der Waals surface area contributed by atoms with Crippen LogP contribution in [0.15, 0.2) is 36.7 Å². The van der Waals surface area contributed by atoms with E-state index in [4.69, 9.17) is 4.74 Å². The number of urea groups is 1. The van der Waals surface area contributed by atoms with Gasteiger partial charge in [-0.3, -0.25) is 0 Å². The first-order valence-electron chi connectivity index (χ1n) is 9.75. The van der Waals surface area contributed by atoms with Crippen molar-refractivity contribution in [3.8, 4) is 5.75 Å². The number of carbonyl (C=O) groups is 1. The van der Waals surface area contributed by atoms with Crippen molar-refractivity contribution >= 4 is 23.4 Å². The fourth-order valence-corrected chi connectivity index (χ4v) is 3.64. The van der Waals surface area contributed by atoms with Gasteiger partial charge in [0.15, 0.2) is 0 Å². The zero-order valence-electron chi connectivity index (χ0n) is 16.2. The molecule has 8 nitrogen and oxygen atoms in total. The molecule has 8 heteroatoms. The molecule has 0 unspecified atom stereocenters. The number of amides is 2. The Labute approximate surface area is 165 Å². The van der Waals surface area contributed by atoms with Crippen molar-refractivity contribution in [1.29, 1.82) is 0 Å². The number of aromatic nitrogens is 2. The van der Waals surface area contributed by atoms with Crippen LogP contribution in [0.1, 0.15) is 12.8 Å². The Bertz CT molecular complexity index is 799. The van der Waals surface area contributed by atoms with Gasteiger partial charge in [-0.25, -0.2) is 14.8 Å². The Balaban J connectivity index is 1.32. The van der Waals surface area contributed by atoms with Gasteiger partial charge in [-0.15, -0.1) is 0 Å². The summed E-state index contributed by atoms with van der Waals surface area (Å²) in [5.74, 6) is 2.71. The summed E-state index contributed by atoms with van der Waals surface area (Å²) in [7, 11) is 1.62. The zero-order valence-corrected chi connectivity index (χ0v) is 16.2. The molecule has 0 spiro atoms. The van der Waals surface area contributed by atoms with Crippen molar-refractivity contribution in [2.45, 2.75) is 12.8 Å². The van der Waals surface area contributed by atoms with Crippen molar-refractivity contribution < 1.29 is 9.53 Å². The number of carbonyl (C=O) groups excluding carboxylic acids is 1. The molecule has 148 valence electrons.